The number of ether oxygens (including phenoxy) is 1. The van der Waals surface area contributed by atoms with Crippen LogP contribution >= 0.6 is 0 Å². The zero-order valence-corrected chi connectivity index (χ0v) is 12.1. The Bertz CT molecular complexity index is 523. The molecule has 1 unspecified atom stereocenters. The van der Waals surface area contributed by atoms with Crippen LogP contribution < -0.4 is 9.64 Å². The van der Waals surface area contributed by atoms with Crippen molar-refractivity contribution in [2.45, 2.75) is 13.0 Å². The minimum Gasteiger partial charge on any atom is -0.491 e. The number of aliphatic hydroxyl groups is 1. The third-order valence-electron chi connectivity index (χ3n) is 3.35. The Labute approximate surface area is 126 Å². The zero-order chi connectivity index (χ0) is 16.3. The molecule has 0 saturated carbocycles. The average Bonchev–Trinajstić information content (AvgIpc) is 2.45. The second-order valence-electron chi connectivity index (χ2n) is 5.15. The van der Waals surface area contributed by atoms with Crippen LogP contribution in [-0.2, 0) is 0 Å². The molecule has 0 radical (unpaired) electrons. The van der Waals surface area contributed by atoms with Crippen LogP contribution in [0.4, 0.5) is 19.3 Å². The van der Waals surface area contributed by atoms with E-state index in [0.717, 1.165) is 12.1 Å². The number of carboxylic acid groups (broad SMARTS) is 1. The number of rotatable bonds is 4. The van der Waals surface area contributed by atoms with Crippen LogP contribution in [0.1, 0.15) is 6.92 Å². The SMILES string of the molecule is CC(O)COc1cc(F)c(N2CCN(C(=O)O)CC2)c(F)c1. The molecular weight excluding hydrogens is 298 g/mol. The lowest BCUT2D eigenvalue weighted by atomic mass is 10.2. The van der Waals surface area contributed by atoms with E-state index in [2.05, 4.69) is 0 Å². The molecule has 122 valence electrons. The smallest absolute Gasteiger partial charge is 0.407 e. The zero-order valence-electron chi connectivity index (χ0n) is 12.1. The Morgan fingerprint density at radius 3 is 2.27 bits per heavy atom. The molecular formula is C14H18F2N2O4. The van der Waals surface area contributed by atoms with Gasteiger partial charge in [0, 0.05) is 38.3 Å². The largest absolute Gasteiger partial charge is 0.491 e. The molecule has 22 heavy (non-hydrogen) atoms. The second-order valence-corrected chi connectivity index (χ2v) is 5.15. The van der Waals surface area contributed by atoms with Gasteiger partial charge in [0.2, 0.25) is 0 Å². The Kier molecular flexibility index (Phi) is 5.02. The fourth-order valence-corrected chi connectivity index (χ4v) is 2.27. The molecule has 8 heteroatoms. The summed E-state index contributed by atoms with van der Waals surface area (Å²) in [5.41, 5.74) is -0.186. The number of amides is 1. The maximum Gasteiger partial charge on any atom is 0.407 e. The number of halogens is 2. The molecule has 1 amide bonds. The predicted molar refractivity (Wildman–Crippen MR) is 75.3 cm³/mol. The lowest BCUT2D eigenvalue weighted by Gasteiger charge is -2.34. The maximum atomic E-state index is 14.1. The third kappa shape index (κ3) is 3.76. The molecule has 0 aromatic heterocycles. The Morgan fingerprint density at radius 2 is 1.82 bits per heavy atom. The summed E-state index contributed by atoms with van der Waals surface area (Å²) in [6, 6.07) is 2.12. The number of piperazine rings is 1. The normalized spacial score (nSPS) is 16.5. The maximum absolute atomic E-state index is 14.1. The molecule has 1 aliphatic heterocycles. The van der Waals surface area contributed by atoms with E-state index in [-0.39, 0.29) is 44.2 Å². The summed E-state index contributed by atoms with van der Waals surface area (Å²) in [6.45, 7) is 2.25. The number of nitrogens with zero attached hydrogens (tertiary/aromatic N) is 2. The van der Waals surface area contributed by atoms with Gasteiger partial charge in [-0.1, -0.05) is 0 Å². The van der Waals surface area contributed by atoms with Crippen molar-refractivity contribution in [2.75, 3.05) is 37.7 Å². The fourth-order valence-electron chi connectivity index (χ4n) is 2.27. The van der Waals surface area contributed by atoms with Crippen LogP contribution in [-0.4, -0.2) is 60.1 Å². The van der Waals surface area contributed by atoms with Gasteiger partial charge in [-0.3, -0.25) is 0 Å². The minimum absolute atomic E-state index is 0.00354. The highest BCUT2D eigenvalue weighted by atomic mass is 19.1. The van der Waals surface area contributed by atoms with E-state index in [1.54, 1.807) is 0 Å². The standard InChI is InChI=1S/C14H18F2N2O4/c1-9(19)8-22-10-6-11(15)13(12(16)7-10)17-2-4-18(5-3-17)14(20)21/h6-7,9,19H,2-5,8H2,1H3,(H,20,21). The third-order valence-corrected chi connectivity index (χ3v) is 3.35. The summed E-state index contributed by atoms with van der Waals surface area (Å²) < 4.78 is 33.3. The van der Waals surface area contributed by atoms with Gasteiger partial charge >= 0.3 is 6.09 Å². The molecule has 0 aliphatic carbocycles. The summed E-state index contributed by atoms with van der Waals surface area (Å²) in [5, 5.41) is 18.0. The van der Waals surface area contributed by atoms with Crippen LogP contribution in [0.2, 0.25) is 0 Å². The van der Waals surface area contributed by atoms with Gasteiger partial charge in [-0.15, -0.1) is 0 Å². The Hall–Kier alpha value is -2.09. The van der Waals surface area contributed by atoms with Crippen LogP contribution in [0.5, 0.6) is 5.75 Å². The first-order chi connectivity index (χ1) is 10.4. The molecule has 6 nitrogen and oxygen atoms in total. The van der Waals surface area contributed by atoms with Gasteiger partial charge in [-0.2, -0.15) is 0 Å². The van der Waals surface area contributed by atoms with E-state index in [1.807, 2.05) is 0 Å². The molecule has 1 fully saturated rings. The van der Waals surface area contributed by atoms with E-state index in [4.69, 9.17) is 14.9 Å². The molecule has 1 aromatic rings. The van der Waals surface area contributed by atoms with Gasteiger partial charge in [-0.25, -0.2) is 13.6 Å². The van der Waals surface area contributed by atoms with E-state index >= 15 is 0 Å². The van der Waals surface area contributed by atoms with Crippen molar-refractivity contribution in [3.8, 4) is 5.75 Å². The number of carbonyl (C=O) groups is 1. The van der Waals surface area contributed by atoms with Crippen molar-refractivity contribution < 1.29 is 28.5 Å². The van der Waals surface area contributed by atoms with E-state index < -0.39 is 23.8 Å². The highest BCUT2D eigenvalue weighted by Crippen LogP contribution is 2.29. The summed E-state index contributed by atoms with van der Waals surface area (Å²) >= 11 is 0. The van der Waals surface area contributed by atoms with Crippen LogP contribution in [0.15, 0.2) is 12.1 Å². The molecule has 1 atom stereocenters. The van der Waals surface area contributed by atoms with Crippen LogP contribution in [0.3, 0.4) is 0 Å². The first-order valence-corrected chi connectivity index (χ1v) is 6.91. The number of anilines is 1. The van der Waals surface area contributed by atoms with Gasteiger partial charge in [0.05, 0.1) is 6.10 Å². The Morgan fingerprint density at radius 1 is 1.27 bits per heavy atom. The minimum atomic E-state index is -1.04. The van der Waals surface area contributed by atoms with Crippen molar-refractivity contribution in [1.29, 1.82) is 0 Å². The lowest BCUT2D eigenvalue weighted by Crippen LogP contribution is -2.48. The average molecular weight is 316 g/mol. The topological polar surface area (TPSA) is 73.2 Å². The van der Waals surface area contributed by atoms with Crippen molar-refractivity contribution in [3.05, 3.63) is 23.8 Å². The molecule has 1 aliphatic rings. The van der Waals surface area contributed by atoms with Gasteiger partial charge in [0.1, 0.15) is 18.0 Å². The lowest BCUT2D eigenvalue weighted by molar-refractivity contribution is 0.122. The van der Waals surface area contributed by atoms with Gasteiger partial charge < -0.3 is 24.7 Å². The van der Waals surface area contributed by atoms with Crippen LogP contribution in [0, 0.1) is 11.6 Å². The van der Waals surface area contributed by atoms with Gasteiger partial charge in [-0.05, 0) is 6.92 Å². The second kappa shape index (κ2) is 6.78. The monoisotopic (exact) mass is 316 g/mol. The summed E-state index contributed by atoms with van der Waals surface area (Å²) in [7, 11) is 0. The van der Waals surface area contributed by atoms with Crippen molar-refractivity contribution in [3.63, 3.8) is 0 Å². The summed E-state index contributed by atoms with van der Waals surface area (Å²) in [6.07, 6.45) is -1.78. The number of benzene rings is 1. The van der Waals surface area contributed by atoms with E-state index in [0.29, 0.717) is 0 Å². The van der Waals surface area contributed by atoms with Crippen molar-refractivity contribution >= 4 is 11.8 Å². The van der Waals surface area contributed by atoms with Gasteiger partial charge in [0.25, 0.3) is 0 Å². The molecule has 0 bridgehead atoms. The quantitative estimate of drug-likeness (QED) is 0.881. The number of aliphatic hydroxyl groups excluding tert-OH is 1. The Balaban J connectivity index is 2.10. The van der Waals surface area contributed by atoms with E-state index in [1.165, 1.54) is 16.7 Å². The summed E-state index contributed by atoms with van der Waals surface area (Å²) in [5.74, 6) is -1.54. The summed E-state index contributed by atoms with van der Waals surface area (Å²) in [4.78, 5) is 13.5. The van der Waals surface area contributed by atoms with Crippen molar-refractivity contribution in [2.24, 2.45) is 0 Å². The molecule has 1 heterocycles. The fraction of sp³-hybridized carbons (Fsp3) is 0.500. The first kappa shape index (κ1) is 16.3. The predicted octanol–water partition coefficient (Wildman–Crippen LogP) is 1.52. The highest BCUT2D eigenvalue weighted by molar-refractivity contribution is 5.65. The van der Waals surface area contributed by atoms with Crippen molar-refractivity contribution in [1.82, 2.24) is 4.90 Å². The number of hydrogen-bond donors (Lipinski definition) is 2. The molecule has 2 rings (SSSR count). The molecule has 1 saturated heterocycles. The molecule has 0 spiro atoms. The molecule has 2 N–H and O–H groups in total. The molecule has 1 aromatic carbocycles. The highest BCUT2D eigenvalue weighted by Gasteiger charge is 2.25. The van der Waals surface area contributed by atoms with E-state index in [9.17, 15) is 13.6 Å². The van der Waals surface area contributed by atoms with Gasteiger partial charge in [0.15, 0.2) is 11.6 Å². The van der Waals surface area contributed by atoms with Crippen LogP contribution in [0.25, 0.3) is 0 Å². The number of hydrogen-bond acceptors (Lipinski definition) is 4. The first-order valence-electron chi connectivity index (χ1n) is 6.91.